The van der Waals surface area contributed by atoms with Crippen LogP contribution in [-0.4, -0.2) is 93.6 Å². The first-order chi connectivity index (χ1) is 18.1. The lowest BCUT2D eigenvalue weighted by molar-refractivity contribution is -0.131. The molecule has 37 heavy (non-hydrogen) atoms. The highest BCUT2D eigenvalue weighted by molar-refractivity contribution is 5.78. The minimum Gasteiger partial charge on any atom is -0.476 e. The fraction of sp³-hybridized carbons (Fsp3) is 0.500. The first-order valence-electron chi connectivity index (χ1n) is 12.8. The summed E-state index contributed by atoms with van der Waals surface area (Å²) >= 11 is 0. The maximum absolute atomic E-state index is 12.3. The Hall–Kier alpha value is -3.75. The molecule has 0 bridgehead atoms. The average Bonchev–Trinajstić information content (AvgIpc) is 3.33. The van der Waals surface area contributed by atoms with Crippen LogP contribution in [0.15, 0.2) is 30.6 Å². The molecular weight excluding hydrogens is 472 g/mol. The van der Waals surface area contributed by atoms with E-state index in [0.717, 1.165) is 62.6 Å². The molecule has 0 aliphatic carbocycles. The summed E-state index contributed by atoms with van der Waals surface area (Å²) in [6.07, 6.45) is 5.45. The van der Waals surface area contributed by atoms with Crippen LogP contribution >= 0.6 is 0 Å². The minimum absolute atomic E-state index is 0.0183. The second-order valence-electron chi connectivity index (χ2n) is 9.45. The minimum atomic E-state index is -0.134. The number of aromatic nitrogens is 4. The van der Waals surface area contributed by atoms with E-state index in [4.69, 9.17) is 24.7 Å². The molecule has 5 heterocycles. The second-order valence-corrected chi connectivity index (χ2v) is 9.45. The molecule has 2 aliphatic heterocycles. The van der Waals surface area contributed by atoms with Gasteiger partial charge in [-0.1, -0.05) is 6.07 Å². The number of likely N-dealkylation sites (tertiary alicyclic amines) is 1. The third kappa shape index (κ3) is 6.15. The van der Waals surface area contributed by atoms with Gasteiger partial charge in [-0.2, -0.15) is 10.2 Å². The Bertz CT molecular complexity index is 1280. The number of nitrogens with zero attached hydrogens (tertiary/aromatic N) is 7. The molecule has 0 saturated carbocycles. The van der Waals surface area contributed by atoms with Crippen molar-refractivity contribution in [2.45, 2.75) is 32.2 Å². The number of aryl methyl sites for hydroxylation is 1. The molecule has 2 aliphatic rings. The molecular formula is C26H32N8O3. The fourth-order valence-corrected chi connectivity index (χ4v) is 4.75. The summed E-state index contributed by atoms with van der Waals surface area (Å²) in [4.78, 5) is 30.4. The SMILES string of the molecule is Cc1ccc2ncc(-c3nc(NC4CCCN(C(=O)CC#N)C4)cc(OCCN4CCOCC4)n3)n2c1. The number of nitriles is 1. The molecule has 2 fully saturated rings. The number of anilines is 1. The molecule has 0 radical (unpaired) electrons. The number of amides is 1. The van der Waals surface area contributed by atoms with Crippen LogP contribution in [-0.2, 0) is 9.53 Å². The Balaban J connectivity index is 1.38. The summed E-state index contributed by atoms with van der Waals surface area (Å²) in [7, 11) is 0. The van der Waals surface area contributed by atoms with E-state index in [1.165, 1.54) is 0 Å². The number of hydrogen-bond acceptors (Lipinski definition) is 9. The summed E-state index contributed by atoms with van der Waals surface area (Å²) in [5, 5.41) is 12.4. The Morgan fingerprint density at radius 1 is 1.27 bits per heavy atom. The highest BCUT2D eigenvalue weighted by Gasteiger charge is 2.24. The molecule has 0 aromatic carbocycles. The van der Waals surface area contributed by atoms with E-state index >= 15 is 0 Å². The monoisotopic (exact) mass is 504 g/mol. The smallest absolute Gasteiger partial charge is 0.236 e. The molecule has 3 aromatic heterocycles. The number of fused-ring (bicyclic) bond motifs is 1. The van der Waals surface area contributed by atoms with E-state index in [2.05, 4.69) is 15.2 Å². The van der Waals surface area contributed by atoms with Gasteiger partial charge in [0.1, 0.15) is 30.2 Å². The molecule has 11 heteroatoms. The van der Waals surface area contributed by atoms with Crippen LogP contribution in [0.3, 0.4) is 0 Å². The van der Waals surface area contributed by atoms with Crippen molar-refractivity contribution in [2.75, 3.05) is 57.9 Å². The number of nitrogens with one attached hydrogen (secondary N) is 1. The lowest BCUT2D eigenvalue weighted by atomic mass is 10.1. The van der Waals surface area contributed by atoms with Crippen molar-refractivity contribution in [1.82, 2.24) is 29.2 Å². The van der Waals surface area contributed by atoms with Gasteiger partial charge in [-0.3, -0.25) is 14.1 Å². The summed E-state index contributed by atoms with van der Waals surface area (Å²) < 4.78 is 13.5. The van der Waals surface area contributed by atoms with Gasteiger partial charge >= 0.3 is 0 Å². The number of piperidine rings is 1. The summed E-state index contributed by atoms with van der Waals surface area (Å²) in [5.74, 6) is 1.49. The topological polar surface area (TPSA) is 121 Å². The average molecular weight is 505 g/mol. The first kappa shape index (κ1) is 24.9. The molecule has 0 spiro atoms. The number of carbonyl (C=O) groups is 1. The quantitative estimate of drug-likeness (QED) is 0.492. The fourth-order valence-electron chi connectivity index (χ4n) is 4.75. The van der Waals surface area contributed by atoms with Crippen molar-refractivity contribution >= 4 is 17.4 Å². The number of rotatable bonds is 8. The van der Waals surface area contributed by atoms with E-state index in [1.807, 2.05) is 41.8 Å². The van der Waals surface area contributed by atoms with Gasteiger partial charge < -0.3 is 19.7 Å². The zero-order chi connectivity index (χ0) is 25.6. The summed E-state index contributed by atoms with van der Waals surface area (Å²) in [5.41, 5.74) is 2.69. The molecule has 11 nitrogen and oxygen atoms in total. The van der Waals surface area contributed by atoms with Crippen LogP contribution in [0.5, 0.6) is 5.88 Å². The molecule has 1 amide bonds. The van der Waals surface area contributed by atoms with Gasteiger partial charge in [-0.05, 0) is 31.4 Å². The van der Waals surface area contributed by atoms with Crippen LogP contribution in [0.1, 0.15) is 24.8 Å². The Morgan fingerprint density at radius 3 is 2.97 bits per heavy atom. The van der Waals surface area contributed by atoms with E-state index in [-0.39, 0.29) is 18.4 Å². The van der Waals surface area contributed by atoms with Gasteiger partial charge in [-0.25, -0.2) is 9.97 Å². The molecule has 1 N–H and O–H groups in total. The standard InChI is InChI=1S/C26H32N8O3/c1-19-4-5-23-28-16-21(34(23)17-19)26-30-22(29-20-3-2-8-33(18-20)25(35)6-7-27)15-24(31-26)37-14-11-32-9-12-36-13-10-32/h4-5,15-17,20H,2-3,6,8-14,18H2,1H3,(H,29,30,31). The third-order valence-corrected chi connectivity index (χ3v) is 6.70. The highest BCUT2D eigenvalue weighted by atomic mass is 16.5. The van der Waals surface area contributed by atoms with Gasteiger partial charge in [0.2, 0.25) is 11.8 Å². The van der Waals surface area contributed by atoms with Gasteiger partial charge in [0, 0.05) is 51.0 Å². The molecule has 1 atom stereocenters. The van der Waals surface area contributed by atoms with E-state index in [0.29, 0.717) is 37.2 Å². The molecule has 194 valence electrons. The second kappa shape index (κ2) is 11.5. The predicted octanol–water partition coefficient (Wildman–Crippen LogP) is 2.13. The van der Waals surface area contributed by atoms with Crippen molar-refractivity contribution in [2.24, 2.45) is 0 Å². The van der Waals surface area contributed by atoms with E-state index in [1.54, 1.807) is 11.1 Å². The van der Waals surface area contributed by atoms with Crippen LogP contribution in [0.25, 0.3) is 17.2 Å². The Morgan fingerprint density at radius 2 is 2.14 bits per heavy atom. The number of imidazole rings is 1. The first-order valence-corrected chi connectivity index (χ1v) is 12.8. The largest absolute Gasteiger partial charge is 0.476 e. The van der Waals surface area contributed by atoms with Gasteiger partial charge in [0.15, 0.2) is 5.82 Å². The van der Waals surface area contributed by atoms with E-state index < -0.39 is 0 Å². The molecule has 5 rings (SSSR count). The Labute approximate surface area is 216 Å². The van der Waals surface area contributed by atoms with Crippen LogP contribution in [0, 0.1) is 18.3 Å². The van der Waals surface area contributed by atoms with Gasteiger partial charge in [0.25, 0.3) is 0 Å². The normalized spacial score (nSPS) is 18.5. The van der Waals surface area contributed by atoms with Crippen molar-refractivity contribution < 1.29 is 14.3 Å². The number of hydrogen-bond donors (Lipinski definition) is 1. The predicted molar refractivity (Wildman–Crippen MR) is 137 cm³/mol. The number of morpholine rings is 1. The maximum Gasteiger partial charge on any atom is 0.236 e. The zero-order valence-electron chi connectivity index (χ0n) is 21.1. The summed E-state index contributed by atoms with van der Waals surface area (Å²) in [6.45, 7) is 7.81. The molecule has 1 unspecified atom stereocenters. The number of ether oxygens (including phenoxy) is 2. The van der Waals surface area contributed by atoms with E-state index in [9.17, 15) is 4.79 Å². The Kier molecular flexibility index (Phi) is 7.77. The van der Waals surface area contributed by atoms with Crippen LogP contribution < -0.4 is 10.1 Å². The molecule has 3 aromatic rings. The molecule has 2 saturated heterocycles. The lowest BCUT2D eigenvalue weighted by Crippen LogP contribution is -2.45. The maximum atomic E-state index is 12.3. The lowest BCUT2D eigenvalue weighted by Gasteiger charge is -2.33. The van der Waals surface area contributed by atoms with Crippen LogP contribution in [0.4, 0.5) is 5.82 Å². The van der Waals surface area contributed by atoms with Crippen molar-refractivity contribution in [3.63, 3.8) is 0 Å². The van der Waals surface area contributed by atoms with Crippen molar-refractivity contribution in [3.05, 3.63) is 36.2 Å². The van der Waals surface area contributed by atoms with Gasteiger partial charge in [-0.15, -0.1) is 0 Å². The number of carbonyl (C=O) groups excluding carboxylic acids is 1. The van der Waals surface area contributed by atoms with Crippen LogP contribution in [0.2, 0.25) is 0 Å². The van der Waals surface area contributed by atoms with Gasteiger partial charge in [0.05, 0.1) is 25.5 Å². The third-order valence-electron chi connectivity index (χ3n) is 6.70. The number of pyridine rings is 1. The zero-order valence-corrected chi connectivity index (χ0v) is 21.1. The highest BCUT2D eigenvalue weighted by Crippen LogP contribution is 2.25. The van der Waals surface area contributed by atoms with Crippen molar-refractivity contribution in [3.8, 4) is 23.5 Å². The summed E-state index contributed by atoms with van der Waals surface area (Å²) in [6, 6.07) is 7.77. The van der Waals surface area contributed by atoms with Crippen molar-refractivity contribution in [1.29, 1.82) is 5.26 Å².